The molecule has 2 heterocycles. The number of fused-ring (bicyclic) bond motifs is 1. The Hall–Kier alpha value is -4.83. The van der Waals surface area contributed by atoms with Gasteiger partial charge in [-0.15, -0.1) is 0 Å². The third-order valence-electron chi connectivity index (χ3n) is 6.60. The van der Waals surface area contributed by atoms with Crippen LogP contribution >= 0.6 is 0 Å². The standard InChI is InChI=1S/C28H25N5O5/c1-3-19-14-20(18(2)30-35)16-21(15-19)27-23-6-4-5-7-24(23)28(34)32(29-27)26-17-22(8-9-25(26)33(36)37)31-10-12-38-13-11-31/h3-9,14-17,35H,1,10-13H2,2H3/b30-18+. The zero-order valence-corrected chi connectivity index (χ0v) is 20.7. The minimum absolute atomic E-state index is 0.0733. The summed E-state index contributed by atoms with van der Waals surface area (Å²) in [4.78, 5) is 27.3. The molecule has 1 aliphatic heterocycles. The number of hydrogen-bond donors (Lipinski definition) is 1. The zero-order chi connectivity index (χ0) is 26.8. The van der Waals surface area contributed by atoms with E-state index in [4.69, 9.17) is 9.84 Å². The van der Waals surface area contributed by atoms with Crippen molar-refractivity contribution < 1.29 is 14.9 Å². The molecule has 4 aromatic rings. The molecule has 10 heteroatoms. The maximum Gasteiger partial charge on any atom is 0.295 e. The molecular formula is C28H25N5O5. The van der Waals surface area contributed by atoms with Gasteiger partial charge in [-0.25, -0.2) is 0 Å². The van der Waals surface area contributed by atoms with Crippen molar-refractivity contribution in [1.82, 2.24) is 9.78 Å². The second-order valence-corrected chi connectivity index (χ2v) is 8.87. The first-order valence-electron chi connectivity index (χ1n) is 12.0. The van der Waals surface area contributed by atoms with E-state index in [1.165, 1.54) is 6.07 Å². The average molecular weight is 512 g/mol. The molecule has 3 aromatic carbocycles. The van der Waals surface area contributed by atoms with E-state index in [1.807, 2.05) is 12.1 Å². The molecule has 1 saturated heterocycles. The molecule has 0 aliphatic carbocycles. The van der Waals surface area contributed by atoms with Crippen molar-refractivity contribution in [3.8, 4) is 16.9 Å². The Morgan fingerprint density at radius 1 is 1.13 bits per heavy atom. The molecule has 1 fully saturated rings. The molecule has 0 atom stereocenters. The minimum atomic E-state index is -0.515. The van der Waals surface area contributed by atoms with Crippen LogP contribution in [0.3, 0.4) is 0 Å². The molecule has 0 radical (unpaired) electrons. The molecule has 192 valence electrons. The van der Waals surface area contributed by atoms with Crippen LogP contribution in [-0.2, 0) is 4.74 Å². The highest BCUT2D eigenvalue weighted by Gasteiger charge is 2.23. The quantitative estimate of drug-likeness (QED) is 0.173. The van der Waals surface area contributed by atoms with Crippen LogP contribution in [0.5, 0.6) is 0 Å². The molecule has 1 aliphatic rings. The van der Waals surface area contributed by atoms with E-state index in [0.29, 0.717) is 59.6 Å². The van der Waals surface area contributed by atoms with Crippen molar-refractivity contribution in [1.29, 1.82) is 0 Å². The summed E-state index contributed by atoms with van der Waals surface area (Å²) >= 11 is 0. The van der Waals surface area contributed by atoms with Crippen molar-refractivity contribution >= 4 is 33.9 Å². The minimum Gasteiger partial charge on any atom is -0.411 e. The Morgan fingerprint density at radius 2 is 1.87 bits per heavy atom. The van der Waals surface area contributed by atoms with Gasteiger partial charge >= 0.3 is 0 Å². The highest BCUT2D eigenvalue weighted by atomic mass is 16.6. The van der Waals surface area contributed by atoms with Crippen LogP contribution in [0, 0.1) is 10.1 Å². The number of nitro groups is 1. The SMILES string of the molecule is C=Cc1cc(/C(C)=N/O)cc(-c2nn(-c3cc(N4CCOCC4)ccc3[N+](=O)[O-])c(=O)c3ccccc23)c1. The van der Waals surface area contributed by atoms with Crippen molar-refractivity contribution in [3.05, 3.63) is 98.8 Å². The number of aromatic nitrogens is 2. The van der Waals surface area contributed by atoms with Gasteiger partial charge < -0.3 is 14.8 Å². The molecular weight excluding hydrogens is 486 g/mol. The van der Waals surface area contributed by atoms with Crippen LogP contribution in [0.25, 0.3) is 33.8 Å². The van der Waals surface area contributed by atoms with E-state index in [9.17, 15) is 20.1 Å². The third kappa shape index (κ3) is 4.53. The summed E-state index contributed by atoms with van der Waals surface area (Å²) in [5.74, 6) is 0. The van der Waals surface area contributed by atoms with Crippen LogP contribution in [0.4, 0.5) is 11.4 Å². The van der Waals surface area contributed by atoms with Gasteiger partial charge in [0.1, 0.15) is 5.69 Å². The molecule has 1 aromatic heterocycles. The Labute approximate surface area is 217 Å². The normalized spacial score (nSPS) is 14.0. The third-order valence-corrected chi connectivity index (χ3v) is 6.60. The van der Waals surface area contributed by atoms with Gasteiger partial charge in [-0.1, -0.05) is 36.0 Å². The molecule has 5 rings (SSSR count). The number of morpholine rings is 1. The van der Waals surface area contributed by atoms with Gasteiger partial charge in [0.05, 0.1) is 34.9 Å². The Balaban J connectivity index is 1.81. The fourth-order valence-electron chi connectivity index (χ4n) is 4.59. The van der Waals surface area contributed by atoms with Crippen molar-refractivity contribution in [3.63, 3.8) is 0 Å². The number of benzene rings is 3. The first-order chi connectivity index (χ1) is 18.4. The predicted octanol–water partition coefficient (Wildman–Crippen LogP) is 4.64. The number of nitro benzene ring substituents is 1. The number of rotatable bonds is 6. The molecule has 0 saturated carbocycles. The summed E-state index contributed by atoms with van der Waals surface area (Å²) in [6, 6.07) is 17.2. The first-order valence-corrected chi connectivity index (χ1v) is 12.0. The maximum atomic E-state index is 13.7. The Bertz CT molecular complexity index is 1650. The number of ether oxygens (including phenoxy) is 1. The monoisotopic (exact) mass is 511 g/mol. The second kappa shape index (κ2) is 10.3. The largest absolute Gasteiger partial charge is 0.411 e. The zero-order valence-electron chi connectivity index (χ0n) is 20.7. The van der Waals surface area contributed by atoms with Gasteiger partial charge in [0, 0.05) is 41.4 Å². The first kappa shape index (κ1) is 24.8. The molecule has 0 bridgehead atoms. The number of nitrogens with zero attached hydrogens (tertiary/aromatic N) is 5. The van der Waals surface area contributed by atoms with E-state index >= 15 is 0 Å². The molecule has 10 nitrogen and oxygen atoms in total. The van der Waals surface area contributed by atoms with E-state index < -0.39 is 10.5 Å². The summed E-state index contributed by atoms with van der Waals surface area (Å²) in [5, 5.41) is 30.3. The number of anilines is 1. The summed E-state index contributed by atoms with van der Waals surface area (Å²) < 4.78 is 6.54. The lowest BCUT2D eigenvalue weighted by Crippen LogP contribution is -2.36. The summed E-state index contributed by atoms with van der Waals surface area (Å²) in [6.45, 7) is 7.87. The second-order valence-electron chi connectivity index (χ2n) is 8.87. The number of hydrogen-bond acceptors (Lipinski definition) is 8. The van der Waals surface area contributed by atoms with Gasteiger partial charge in [0.15, 0.2) is 0 Å². The molecule has 0 unspecified atom stereocenters. The smallest absolute Gasteiger partial charge is 0.295 e. The lowest BCUT2D eigenvalue weighted by Gasteiger charge is -2.29. The highest BCUT2D eigenvalue weighted by molar-refractivity contribution is 6.01. The summed E-state index contributed by atoms with van der Waals surface area (Å²) in [7, 11) is 0. The topological polar surface area (TPSA) is 123 Å². The van der Waals surface area contributed by atoms with Crippen LogP contribution in [0.1, 0.15) is 18.1 Å². The van der Waals surface area contributed by atoms with Gasteiger partial charge in [-0.05, 0) is 48.9 Å². The van der Waals surface area contributed by atoms with E-state index in [1.54, 1.807) is 55.5 Å². The summed E-state index contributed by atoms with van der Waals surface area (Å²) in [6.07, 6.45) is 1.66. The van der Waals surface area contributed by atoms with Gasteiger partial charge in [0.2, 0.25) is 0 Å². The van der Waals surface area contributed by atoms with Gasteiger partial charge in [-0.2, -0.15) is 9.78 Å². The molecule has 0 spiro atoms. The van der Waals surface area contributed by atoms with E-state index in [2.05, 4.69) is 16.6 Å². The van der Waals surface area contributed by atoms with Crippen LogP contribution < -0.4 is 10.5 Å². The van der Waals surface area contributed by atoms with Crippen LogP contribution in [0.2, 0.25) is 0 Å². The van der Waals surface area contributed by atoms with Crippen LogP contribution in [0.15, 0.2) is 77.2 Å². The van der Waals surface area contributed by atoms with Crippen LogP contribution in [-0.4, -0.2) is 51.9 Å². The van der Waals surface area contributed by atoms with Crippen molar-refractivity contribution in [2.45, 2.75) is 6.92 Å². The van der Waals surface area contributed by atoms with Gasteiger partial charge in [0.25, 0.3) is 11.2 Å². The van der Waals surface area contributed by atoms with Crippen molar-refractivity contribution in [2.75, 3.05) is 31.2 Å². The van der Waals surface area contributed by atoms with E-state index in [-0.39, 0.29) is 11.4 Å². The molecule has 0 amide bonds. The Morgan fingerprint density at radius 3 is 2.55 bits per heavy atom. The highest BCUT2D eigenvalue weighted by Crippen LogP contribution is 2.31. The fraction of sp³-hybridized carbons (Fsp3) is 0.179. The van der Waals surface area contributed by atoms with E-state index in [0.717, 1.165) is 15.9 Å². The predicted molar refractivity (Wildman–Crippen MR) is 147 cm³/mol. The number of oxime groups is 1. The maximum absolute atomic E-state index is 13.7. The Kier molecular flexibility index (Phi) is 6.71. The fourth-order valence-corrected chi connectivity index (χ4v) is 4.59. The van der Waals surface area contributed by atoms with Crippen molar-refractivity contribution in [2.24, 2.45) is 5.16 Å². The molecule has 1 N–H and O–H groups in total. The molecule has 38 heavy (non-hydrogen) atoms. The summed E-state index contributed by atoms with van der Waals surface area (Å²) in [5.41, 5.74) is 2.97. The average Bonchev–Trinajstić information content (AvgIpc) is 2.96. The lowest BCUT2D eigenvalue weighted by atomic mass is 9.98. The van der Waals surface area contributed by atoms with Gasteiger partial charge in [-0.3, -0.25) is 14.9 Å². The lowest BCUT2D eigenvalue weighted by molar-refractivity contribution is -0.384.